The van der Waals surface area contributed by atoms with E-state index in [-0.39, 0.29) is 5.91 Å². The van der Waals surface area contributed by atoms with Crippen LogP contribution in [-0.4, -0.2) is 34.0 Å². The second-order valence-corrected chi connectivity index (χ2v) is 8.52. The van der Waals surface area contributed by atoms with E-state index < -0.39 is 0 Å². The number of aromatic nitrogens is 2. The number of amides is 1. The molecule has 0 atom stereocenters. The van der Waals surface area contributed by atoms with Gasteiger partial charge in [0.2, 0.25) is 0 Å². The van der Waals surface area contributed by atoms with Crippen molar-refractivity contribution in [3.63, 3.8) is 0 Å². The maximum atomic E-state index is 13.7. The van der Waals surface area contributed by atoms with Crippen molar-refractivity contribution >= 4 is 16.9 Å². The molecule has 4 aromatic rings. The summed E-state index contributed by atoms with van der Waals surface area (Å²) in [6, 6.07) is 20.1. The number of para-hydroxylation sites is 4. The fourth-order valence-corrected chi connectivity index (χ4v) is 4.63. The molecule has 0 radical (unpaired) electrons. The summed E-state index contributed by atoms with van der Waals surface area (Å²) >= 11 is 0. The van der Waals surface area contributed by atoms with E-state index in [4.69, 9.17) is 9.72 Å². The van der Waals surface area contributed by atoms with E-state index >= 15 is 0 Å². The van der Waals surface area contributed by atoms with E-state index in [0.29, 0.717) is 13.1 Å². The summed E-state index contributed by atoms with van der Waals surface area (Å²) in [5, 5.41) is 0. The highest BCUT2D eigenvalue weighted by Gasteiger charge is 2.23. The van der Waals surface area contributed by atoms with Crippen molar-refractivity contribution in [2.45, 2.75) is 40.7 Å². The lowest BCUT2D eigenvalue weighted by Crippen LogP contribution is -2.33. The van der Waals surface area contributed by atoms with E-state index in [2.05, 4.69) is 36.6 Å². The molecular formula is C28H31N3O2. The number of benzene rings is 3. The first-order chi connectivity index (χ1) is 15.9. The SMILES string of the molecule is CCCN(Cc1nc2ccccc2n1-c1ccccc1OC)C(=O)c1c(C)cc(C)cc1C. The van der Waals surface area contributed by atoms with E-state index in [1.807, 2.05) is 61.2 Å². The molecule has 0 spiro atoms. The molecule has 0 saturated heterocycles. The summed E-state index contributed by atoms with van der Waals surface area (Å²) in [5.41, 5.74) is 6.77. The number of ether oxygens (including phenoxy) is 1. The van der Waals surface area contributed by atoms with Gasteiger partial charge < -0.3 is 9.64 Å². The van der Waals surface area contributed by atoms with Gasteiger partial charge in [0.05, 0.1) is 30.4 Å². The van der Waals surface area contributed by atoms with Gasteiger partial charge >= 0.3 is 0 Å². The van der Waals surface area contributed by atoms with Crippen molar-refractivity contribution in [1.82, 2.24) is 14.5 Å². The average molecular weight is 442 g/mol. The van der Waals surface area contributed by atoms with Gasteiger partial charge in [-0.15, -0.1) is 0 Å². The Hall–Kier alpha value is -3.60. The second-order valence-electron chi connectivity index (χ2n) is 8.52. The number of hydrogen-bond acceptors (Lipinski definition) is 3. The Morgan fingerprint density at radius 3 is 2.36 bits per heavy atom. The zero-order valence-electron chi connectivity index (χ0n) is 20.1. The monoisotopic (exact) mass is 441 g/mol. The van der Waals surface area contributed by atoms with Crippen LogP contribution in [-0.2, 0) is 6.54 Å². The molecular weight excluding hydrogens is 410 g/mol. The van der Waals surface area contributed by atoms with Crippen LogP contribution in [0.3, 0.4) is 0 Å². The third-order valence-corrected chi connectivity index (χ3v) is 5.96. The molecule has 0 bridgehead atoms. The zero-order chi connectivity index (χ0) is 23.5. The van der Waals surface area contributed by atoms with Crippen molar-refractivity contribution < 1.29 is 9.53 Å². The lowest BCUT2D eigenvalue weighted by molar-refractivity contribution is 0.0737. The van der Waals surface area contributed by atoms with Gasteiger partial charge in [0.15, 0.2) is 0 Å². The predicted octanol–water partition coefficient (Wildman–Crippen LogP) is 6.01. The Morgan fingerprint density at radius 1 is 1.00 bits per heavy atom. The summed E-state index contributed by atoms with van der Waals surface area (Å²) in [6.07, 6.45) is 0.866. The first-order valence-electron chi connectivity index (χ1n) is 11.4. The highest BCUT2D eigenvalue weighted by Crippen LogP contribution is 2.29. The Bertz CT molecular complexity index is 1280. The minimum Gasteiger partial charge on any atom is -0.495 e. The molecule has 3 aromatic carbocycles. The molecule has 0 saturated carbocycles. The Balaban J connectivity index is 1.82. The Kier molecular flexibility index (Phi) is 6.50. The van der Waals surface area contributed by atoms with Crippen molar-refractivity contribution in [2.24, 2.45) is 0 Å². The summed E-state index contributed by atoms with van der Waals surface area (Å²) < 4.78 is 7.77. The molecule has 0 fully saturated rings. The smallest absolute Gasteiger partial charge is 0.254 e. The van der Waals surface area contributed by atoms with E-state index in [1.165, 1.54) is 5.56 Å². The van der Waals surface area contributed by atoms with Gasteiger partial charge in [-0.3, -0.25) is 9.36 Å². The van der Waals surface area contributed by atoms with Gasteiger partial charge in [0.25, 0.3) is 5.91 Å². The molecule has 5 nitrogen and oxygen atoms in total. The third-order valence-electron chi connectivity index (χ3n) is 5.96. The third kappa shape index (κ3) is 4.36. The number of rotatable bonds is 7. The highest BCUT2D eigenvalue weighted by atomic mass is 16.5. The fourth-order valence-electron chi connectivity index (χ4n) is 4.63. The van der Waals surface area contributed by atoms with Crippen LogP contribution < -0.4 is 4.74 Å². The largest absolute Gasteiger partial charge is 0.495 e. The first kappa shape index (κ1) is 22.6. The molecule has 0 unspecified atom stereocenters. The van der Waals surface area contributed by atoms with Crippen LogP contribution in [0.1, 0.15) is 46.2 Å². The van der Waals surface area contributed by atoms with Crippen LogP contribution in [0.15, 0.2) is 60.7 Å². The number of imidazole rings is 1. The minimum absolute atomic E-state index is 0.0467. The number of methoxy groups -OCH3 is 1. The quantitative estimate of drug-likeness (QED) is 0.353. The number of carbonyl (C=O) groups excluding carboxylic acids is 1. The molecule has 0 aliphatic carbocycles. The normalized spacial score (nSPS) is 11.1. The molecule has 33 heavy (non-hydrogen) atoms. The molecule has 0 aliphatic heterocycles. The van der Waals surface area contributed by atoms with E-state index in [1.54, 1.807) is 7.11 Å². The number of carbonyl (C=O) groups is 1. The Morgan fingerprint density at radius 2 is 1.67 bits per heavy atom. The molecule has 1 aromatic heterocycles. The van der Waals surface area contributed by atoms with Crippen LogP contribution in [0.2, 0.25) is 0 Å². The predicted molar refractivity (Wildman–Crippen MR) is 133 cm³/mol. The minimum atomic E-state index is 0.0467. The topological polar surface area (TPSA) is 47.4 Å². The number of nitrogens with zero attached hydrogens (tertiary/aromatic N) is 3. The molecule has 1 amide bonds. The lowest BCUT2D eigenvalue weighted by Gasteiger charge is -2.25. The van der Waals surface area contributed by atoms with Gasteiger partial charge in [-0.1, -0.05) is 48.9 Å². The first-order valence-corrected chi connectivity index (χ1v) is 11.4. The molecule has 5 heteroatoms. The molecule has 0 aliphatic rings. The second kappa shape index (κ2) is 9.49. The van der Waals surface area contributed by atoms with Crippen LogP contribution in [0, 0.1) is 20.8 Å². The highest BCUT2D eigenvalue weighted by molar-refractivity contribution is 5.97. The van der Waals surface area contributed by atoms with Gasteiger partial charge in [0, 0.05) is 12.1 Å². The van der Waals surface area contributed by atoms with Crippen LogP contribution in [0.25, 0.3) is 16.7 Å². The Labute approximate surface area is 195 Å². The maximum Gasteiger partial charge on any atom is 0.254 e. The van der Waals surface area contributed by atoms with Crippen molar-refractivity contribution in [1.29, 1.82) is 0 Å². The van der Waals surface area contributed by atoms with E-state index in [0.717, 1.165) is 51.4 Å². The van der Waals surface area contributed by atoms with E-state index in [9.17, 15) is 4.79 Å². The zero-order valence-corrected chi connectivity index (χ0v) is 20.1. The van der Waals surface area contributed by atoms with Gasteiger partial charge in [0.1, 0.15) is 11.6 Å². The summed E-state index contributed by atoms with van der Waals surface area (Å²) in [7, 11) is 1.67. The summed E-state index contributed by atoms with van der Waals surface area (Å²) in [5.74, 6) is 1.62. The summed E-state index contributed by atoms with van der Waals surface area (Å²) in [4.78, 5) is 20.6. The van der Waals surface area contributed by atoms with Crippen molar-refractivity contribution in [2.75, 3.05) is 13.7 Å². The van der Waals surface area contributed by atoms with Crippen LogP contribution >= 0.6 is 0 Å². The summed E-state index contributed by atoms with van der Waals surface area (Å²) in [6.45, 7) is 9.25. The fraction of sp³-hybridized carbons (Fsp3) is 0.286. The number of aryl methyl sites for hydroxylation is 3. The maximum absolute atomic E-state index is 13.7. The van der Waals surface area contributed by atoms with Crippen LogP contribution in [0.5, 0.6) is 5.75 Å². The van der Waals surface area contributed by atoms with Gasteiger partial charge in [-0.25, -0.2) is 4.98 Å². The molecule has 170 valence electrons. The standard InChI is InChI=1S/C28H31N3O2/c1-6-15-30(28(32)27-20(3)16-19(2)17-21(27)4)18-26-29-22-11-7-8-12-23(22)31(26)24-13-9-10-14-25(24)33-5/h7-14,16-17H,6,15,18H2,1-5H3. The van der Waals surface area contributed by atoms with Gasteiger partial charge in [-0.2, -0.15) is 0 Å². The van der Waals surface area contributed by atoms with Crippen molar-refractivity contribution in [3.8, 4) is 11.4 Å². The molecule has 4 rings (SSSR count). The number of hydrogen-bond donors (Lipinski definition) is 0. The van der Waals surface area contributed by atoms with Crippen LogP contribution in [0.4, 0.5) is 0 Å². The molecule has 0 N–H and O–H groups in total. The van der Waals surface area contributed by atoms with Crippen molar-refractivity contribution in [3.05, 3.63) is 88.7 Å². The average Bonchev–Trinajstić information content (AvgIpc) is 3.15. The van der Waals surface area contributed by atoms with Gasteiger partial charge in [-0.05, 0) is 62.6 Å². The molecule has 1 heterocycles. The number of fused-ring (bicyclic) bond motifs is 1. The lowest BCUT2D eigenvalue weighted by atomic mass is 9.98.